The van der Waals surface area contributed by atoms with Gasteiger partial charge in [-0.2, -0.15) is 0 Å². The van der Waals surface area contributed by atoms with Crippen LogP contribution in [-0.2, 0) is 19.1 Å². The van der Waals surface area contributed by atoms with E-state index in [9.17, 15) is 9.59 Å². The summed E-state index contributed by atoms with van der Waals surface area (Å²) in [6, 6.07) is 0. The number of carbonyl (C=O) groups excluding carboxylic acids is 2. The van der Waals surface area contributed by atoms with Crippen LogP contribution in [0.4, 0.5) is 0 Å². The monoisotopic (exact) mass is 268 g/mol. The van der Waals surface area contributed by atoms with E-state index in [1.165, 1.54) is 13.8 Å². The first-order valence-corrected chi connectivity index (χ1v) is 5.03. The molecule has 0 heterocycles. The third kappa shape index (κ3) is 29.2. The fourth-order valence-corrected chi connectivity index (χ4v) is 0.467. The van der Waals surface area contributed by atoms with Crippen molar-refractivity contribution in [3.63, 3.8) is 0 Å². The first-order valence-electron chi connectivity index (χ1n) is 4.28. The molecule has 0 radical (unpaired) electrons. The van der Waals surface area contributed by atoms with Crippen molar-refractivity contribution in [2.75, 3.05) is 13.2 Å². The van der Waals surface area contributed by atoms with Gasteiger partial charge in [-0.15, -0.1) is 0 Å². The topological polar surface area (TPSA) is 52.6 Å². The SMILES string of the molecule is C=C(Cl)Cl.CC(=O)OCC=CCOC(C)=O. The van der Waals surface area contributed by atoms with Crippen molar-refractivity contribution in [2.24, 2.45) is 0 Å². The lowest BCUT2D eigenvalue weighted by Crippen LogP contribution is -2.00. The van der Waals surface area contributed by atoms with Gasteiger partial charge in [-0.1, -0.05) is 29.8 Å². The molecule has 0 aliphatic heterocycles. The first-order chi connectivity index (χ1) is 7.36. The average Bonchev–Trinajstić information content (AvgIpc) is 2.09. The van der Waals surface area contributed by atoms with Gasteiger partial charge in [0.15, 0.2) is 0 Å². The Morgan fingerprint density at radius 3 is 1.50 bits per heavy atom. The summed E-state index contributed by atoms with van der Waals surface area (Å²) in [5.41, 5.74) is 0. The van der Waals surface area contributed by atoms with E-state index in [4.69, 9.17) is 23.2 Å². The summed E-state index contributed by atoms with van der Waals surface area (Å²) in [4.78, 5) is 20.5. The van der Waals surface area contributed by atoms with Crippen LogP contribution in [0.2, 0.25) is 0 Å². The summed E-state index contributed by atoms with van der Waals surface area (Å²) in [5, 5.41) is 0. The highest BCUT2D eigenvalue weighted by Gasteiger charge is 1.88. The van der Waals surface area contributed by atoms with Crippen molar-refractivity contribution < 1.29 is 19.1 Å². The minimum absolute atomic E-state index is 0.111. The molecule has 6 heteroatoms. The highest BCUT2D eigenvalue weighted by atomic mass is 35.5. The van der Waals surface area contributed by atoms with Gasteiger partial charge in [0, 0.05) is 13.8 Å². The zero-order chi connectivity index (χ0) is 13.0. The Balaban J connectivity index is 0. The molecule has 4 nitrogen and oxygen atoms in total. The Hall–Kier alpha value is -1.00. The molecule has 0 amide bonds. The molecule has 0 unspecified atom stereocenters. The Labute approximate surface area is 105 Å². The van der Waals surface area contributed by atoms with Gasteiger partial charge in [-0.25, -0.2) is 0 Å². The molecular weight excluding hydrogens is 255 g/mol. The fourth-order valence-electron chi connectivity index (χ4n) is 0.467. The van der Waals surface area contributed by atoms with Gasteiger partial charge in [-0.3, -0.25) is 9.59 Å². The smallest absolute Gasteiger partial charge is 0.302 e. The molecule has 16 heavy (non-hydrogen) atoms. The zero-order valence-electron chi connectivity index (χ0n) is 9.16. The molecule has 0 saturated heterocycles. The molecule has 0 rings (SSSR count). The van der Waals surface area contributed by atoms with Crippen LogP contribution >= 0.6 is 23.2 Å². The molecule has 0 bridgehead atoms. The number of carbonyl (C=O) groups is 2. The van der Waals surface area contributed by atoms with Crippen LogP contribution in [0.1, 0.15) is 13.8 Å². The molecule has 0 saturated carbocycles. The molecule has 0 aliphatic rings. The van der Waals surface area contributed by atoms with E-state index in [0.717, 1.165) is 0 Å². The molecule has 0 aromatic heterocycles. The van der Waals surface area contributed by atoms with Gasteiger partial charge in [0.25, 0.3) is 0 Å². The number of esters is 2. The Bertz CT molecular complexity index is 238. The lowest BCUT2D eigenvalue weighted by atomic mass is 10.5. The summed E-state index contributed by atoms with van der Waals surface area (Å²) in [5.74, 6) is -0.653. The van der Waals surface area contributed by atoms with Gasteiger partial charge in [-0.05, 0) is 12.2 Å². The molecule has 0 spiro atoms. The largest absolute Gasteiger partial charge is 0.462 e. The maximum atomic E-state index is 10.2. The number of rotatable bonds is 4. The Kier molecular flexibility index (Phi) is 13.1. The minimum Gasteiger partial charge on any atom is -0.462 e. The number of hydrogen-bond donors (Lipinski definition) is 0. The van der Waals surface area contributed by atoms with Crippen molar-refractivity contribution in [3.8, 4) is 0 Å². The summed E-state index contributed by atoms with van der Waals surface area (Å²) in [6.45, 7) is 6.19. The van der Waals surface area contributed by atoms with Crippen LogP contribution in [0.25, 0.3) is 0 Å². The Morgan fingerprint density at radius 2 is 1.31 bits per heavy atom. The summed E-state index contributed by atoms with van der Waals surface area (Å²) in [6.07, 6.45) is 3.23. The highest BCUT2D eigenvalue weighted by Crippen LogP contribution is 1.98. The average molecular weight is 269 g/mol. The van der Waals surface area contributed by atoms with E-state index >= 15 is 0 Å². The van der Waals surface area contributed by atoms with Crippen LogP contribution in [0.15, 0.2) is 23.2 Å². The standard InChI is InChI=1S/C8H12O4.C2H2Cl2/c1-7(9)11-5-3-4-6-12-8(2)10;1-2(3)4/h3-4H,5-6H2,1-2H3;1H2. The summed E-state index contributed by atoms with van der Waals surface area (Å²) in [7, 11) is 0. The van der Waals surface area contributed by atoms with Crippen molar-refractivity contribution in [3.05, 3.63) is 23.2 Å². The van der Waals surface area contributed by atoms with Gasteiger partial charge < -0.3 is 9.47 Å². The van der Waals surface area contributed by atoms with Gasteiger partial charge >= 0.3 is 11.9 Å². The lowest BCUT2D eigenvalue weighted by Gasteiger charge is -1.96. The van der Waals surface area contributed by atoms with Crippen molar-refractivity contribution in [1.82, 2.24) is 0 Å². The second-order valence-electron chi connectivity index (χ2n) is 2.42. The zero-order valence-corrected chi connectivity index (χ0v) is 10.7. The predicted molar refractivity (Wildman–Crippen MR) is 63.3 cm³/mol. The van der Waals surface area contributed by atoms with Crippen molar-refractivity contribution in [1.29, 1.82) is 0 Å². The maximum absolute atomic E-state index is 10.2. The molecular formula is C10H14Cl2O4. The second-order valence-corrected chi connectivity index (χ2v) is 3.52. The number of ether oxygens (including phenoxy) is 2. The quantitative estimate of drug-likeness (QED) is 0.581. The van der Waals surface area contributed by atoms with Crippen LogP contribution in [-0.4, -0.2) is 25.2 Å². The Morgan fingerprint density at radius 1 is 1.06 bits per heavy atom. The molecule has 0 atom stereocenters. The third-order valence-electron chi connectivity index (χ3n) is 0.932. The lowest BCUT2D eigenvalue weighted by molar-refractivity contribution is -0.141. The molecule has 0 N–H and O–H groups in total. The number of halogens is 2. The summed E-state index contributed by atoms with van der Waals surface area (Å²) < 4.78 is 9.28. The van der Waals surface area contributed by atoms with E-state index in [0.29, 0.717) is 0 Å². The molecule has 0 aromatic rings. The second kappa shape index (κ2) is 12.1. The molecule has 0 aromatic carbocycles. The van der Waals surface area contributed by atoms with Crippen LogP contribution < -0.4 is 0 Å². The predicted octanol–water partition coefficient (Wildman–Crippen LogP) is 2.60. The van der Waals surface area contributed by atoms with Gasteiger partial charge in [0.05, 0.1) is 4.49 Å². The molecule has 0 aliphatic carbocycles. The third-order valence-corrected chi connectivity index (χ3v) is 0.932. The van der Waals surface area contributed by atoms with Gasteiger partial charge in [0.1, 0.15) is 13.2 Å². The van der Waals surface area contributed by atoms with Crippen LogP contribution in [0.5, 0.6) is 0 Å². The first kappa shape index (κ1) is 17.4. The molecule has 92 valence electrons. The van der Waals surface area contributed by atoms with Gasteiger partial charge in [0.2, 0.25) is 0 Å². The normalized spacial score (nSPS) is 9.00. The van der Waals surface area contributed by atoms with E-state index in [1.54, 1.807) is 12.2 Å². The summed E-state index contributed by atoms with van der Waals surface area (Å²) >= 11 is 9.69. The maximum Gasteiger partial charge on any atom is 0.302 e. The highest BCUT2D eigenvalue weighted by molar-refractivity contribution is 6.55. The fraction of sp³-hybridized carbons (Fsp3) is 0.400. The molecule has 0 fully saturated rings. The number of hydrogen-bond acceptors (Lipinski definition) is 4. The van der Waals surface area contributed by atoms with Crippen LogP contribution in [0, 0.1) is 0 Å². The van der Waals surface area contributed by atoms with E-state index in [2.05, 4.69) is 16.1 Å². The van der Waals surface area contributed by atoms with Crippen molar-refractivity contribution >= 4 is 35.1 Å². The van der Waals surface area contributed by atoms with E-state index in [-0.39, 0.29) is 29.6 Å². The van der Waals surface area contributed by atoms with E-state index in [1.807, 2.05) is 0 Å². The van der Waals surface area contributed by atoms with E-state index < -0.39 is 0 Å². The van der Waals surface area contributed by atoms with Crippen molar-refractivity contribution in [2.45, 2.75) is 13.8 Å². The van der Waals surface area contributed by atoms with Crippen LogP contribution in [0.3, 0.4) is 0 Å². The minimum atomic E-state index is -0.327.